The van der Waals surface area contributed by atoms with Crippen LogP contribution in [0.25, 0.3) is 0 Å². The number of alkyl halides is 2. The molecule has 15 heavy (non-hydrogen) atoms. The molecule has 0 saturated carbocycles. The van der Waals surface area contributed by atoms with E-state index >= 15 is 0 Å². The number of nitrogen functional groups attached to an aromatic ring is 1. The van der Waals surface area contributed by atoms with Crippen LogP contribution in [0, 0.1) is 6.92 Å². The van der Waals surface area contributed by atoms with Gasteiger partial charge in [0.25, 0.3) is 0 Å². The Morgan fingerprint density at radius 3 is 2.67 bits per heavy atom. The van der Waals surface area contributed by atoms with Gasteiger partial charge < -0.3 is 10.8 Å². The van der Waals surface area contributed by atoms with E-state index in [-0.39, 0.29) is 16.7 Å². The molecule has 0 aliphatic heterocycles. The molecule has 0 atom stereocenters. The number of carbonyl (C=O) groups is 1. The standard InChI is InChI=1S/C9H9F2NO2S/c1-5-6(12)3-2-4-7(5)15-9(10,11)8(13)14/h2-4H,12H2,1H3,(H,13,14). The molecule has 0 spiro atoms. The Morgan fingerprint density at radius 2 is 2.13 bits per heavy atom. The highest BCUT2D eigenvalue weighted by molar-refractivity contribution is 8.01. The van der Waals surface area contributed by atoms with Crippen molar-refractivity contribution in [3.63, 3.8) is 0 Å². The first-order valence-electron chi connectivity index (χ1n) is 4.00. The van der Waals surface area contributed by atoms with E-state index in [1.165, 1.54) is 12.1 Å². The predicted octanol–water partition coefficient (Wildman–Crippen LogP) is 2.35. The fourth-order valence-corrected chi connectivity index (χ4v) is 1.70. The van der Waals surface area contributed by atoms with Crippen LogP contribution in [0.3, 0.4) is 0 Å². The number of carboxylic acids is 1. The number of nitrogens with two attached hydrogens (primary N) is 1. The van der Waals surface area contributed by atoms with Crippen molar-refractivity contribution in [2.45, 2.75) is 17.1 Å². The Labute approximate surface area is 89.3 Å². The molecular weight excluding hydrogens is 224 g/mol. The predicted molar refractivity (Wildman–Crippen MR) is 54.0 cm³/mol. The molecule has 0 aliphatic carbocycles. The van der Waals surface area contributed by atoms with E-state index in [9.17, 15) is 13.6 Å². The van der Waals surface area contributed by atoms with E-state index in [2.05, 4.69) is 0 Å². The highest BCUT2D eigenvalue weighted by Crippen LogP contribution is 2.38. The second-order valence-corrected chi connectivity index (χ2v) is 4.05. The lowest BCUT2D eigenvalue weighted by Crippen LogP contribution is -2.23. The summed E-state index contributed by atoms with van der Waals surface area (Å²) < 4.78 is 25.7. The first kappa shape index (κ1) is 11.8. The summed E-state index contributed by atoms with van der Waals surface area (Å²) in [6.07, 6.45) is 0. The van der Waals surface area contributed by atoms with Gasteiger partial charge in [-0.05, 0) is 36.4 Å². The molecule has 0 amide bonds. The highest BCUT2D eigenvalue weighted by atomic mass is 32.2. The van der Waals surface area contributed by atoms with Crippen LogP contribution in [0.4, 0.5) is 14.5 Å². The molecule has 82 valence electrons. The fraction of sp³-hybridized carbons (Fsp3) is 0.222. The largest absolute Gasteiger partial charge is 0.476 e. The van der Waals surface area contributed by atoms with Crippen molar-refractivity contribution >= 4 is 23.4 Å². The van der Waals surface area contributed by atoms with Crippen molar-refractivity contribution in [2.75, 3.05) is 5.73 Å². The summed E-state index contributed by atoms with van der Waals surface area (Å²) in [6.45, 7) is 1.57. The zero-order chi connectivity index (χ0) is 11.6. The van der Waals surface area contributed by atoms with Crippen molar-refractivity contribution in [3.8, 4) is 0 Å². The van der Waals surface area contributed by atoms with Gasteiger partial charge in [0.05, 0.1) is 0 Å². The van der Waals surface area contributed by atoms with Gasteiger partial charge in [-0.1, -0.05) is 6.07 Å². The number of thioether (sulfide) groups is 1. The Morgan fingerprint density at radius 1 is 1.53 bits per heavy atom. The normalized spacial score (nSPS) is 11.4. The van der Waals surface area contributed by atoms with Gasteiger partial charge in [-0.25, -0.2) is 4.79 Å². The maximum Gasteiger partial charge on any atom is 0.393 e. The van der Waals surface area contributed by atoms with Crippen LogP contribution < -0.4 is 5.73 Å². The minimum absolute atomic E-state index is 0.0181. The number of hydrogen-bond acceptors (Lipinski definition) is 3. The molecule has 3 N–H and O–H groups in total. The zero-order valence-electron chi connectivity index (χ0n) is 7.83. The number of rotatable bonds is 3. The summed E-state index contributed by atoms with van der Waals surface area (Å²) in [6, 6.07) is 4.48. The Bertz CT molecular complexity index is 396. The van der Waals surface area contributed by atoms with Gasteiger partial charge in [-0.3, -0.25) is 0 Å². The van der Waals surface area contributed by atoms with E-state index in [4.69, 9.17) is 10.8 Å². The number of hydrogen-bond donors (Lipinski definition) is 2. The van der Waals surface area contributed by atoms with Gasteiger partial charge in [-0.2, -0.15) is 8.78 Å². The van der Waals surface area contributed by atoms with Crippen LogP contribution in [0.5, 0.6) is 0 Å². The van der Waals surface area contributed by atoms with E-state index in [1.807, 2.05) is 0 Å². The van der Waals surface area contributed by atoms with Gasteiger partial charge in [0, 0.05) is 10.6 Å². The quantitative estimate of drug-likeness (QED) is 0.621. The van der Waals surface area contributed by atoms with Gasteiger partial charge >= 0.3 is 11.2 Å². The number of carboxylic acid groups (broad SMARTS) is 1. The summed E-state index contributed by atoms with van der Waals surface area (Å²) in [4.78, 5) is 10.4. The molecule has 1 aromatic carbocycles. The summed E-state index contributed by atoms with van der Waals surface area (Å²) in [7, 11) is 0. The molecule has 0 saturated heterocycles. The van der Waals surface area contributed by atoms with Crippen LogP contribution in [0.2, 0.25) is 0 Å². The third-order valence-electron chi connectivity index (χ3n) is 1.81. The lowest BCUT2D eigenvalue weighted by molar-refractivity contribution is -0.152. The average molecular weight is 233 g/mol. The number of halogens is 2. The molecule has 1 rings (SSSR count). The summed E-state index contributed by atoms with van der Waals surface area (Å²) in [5.74, 6) is -2.16. The van der Waals surface area contributed by atoms with Crippen molar-refractivity contribution in [1.82, 2.24) is 0 Å². The van der Waals surface area contributed by atoms with Gasteiger partial charge in [0.15, 0.2) is 0 Å². The van der Waals surface area contributed by atoms with Crippen molar-refractivity contribution < 1.29 is 18.7 Å². The highest BCUT2D eigenvalue weighted by Gasteiger charge is 2.40. The molecule has 0 heterocycles. The molecule has 6 heteroatoms. The van der Waals surface area contributed by atoms with E-state index < -0.39 is 11.2 Å². The molecular formula is C9H9F2NO2S. The lowest BCUT2D eigenvalue weighted by Gasteiger charge is -2.12. The Kier molecular flexibility index (Phi) is 3.18. The molecule has 3 nitrogen and oxygen atoms in total. The summed E-state index contributed by atoms with van der Waals surface area (Å²) >= 11 is -0.0181. The van der Waals surface area contributed by atoms with Crippen molar-refractivity contribution in [2.24, 2.45) is 0 Å². The first-order valence-corrected chi connectivity index (χ1v) is 4.81. The maximum atomic E-state index is 12.9. The van der Waals surface area contributed by atoms with Crippen LogP contribution in [0.15, 0.2) is 23.1 Å². The molecule has 0 unspecified atom stereocenters. The number of benzene rings is 1. The third kappa shape index (κ3) is 2.59. The number of aliphatic carboxylic acids is 1. The molecule has 0 fully saturated rings. The zero-order valence-corrected chi connectivity index (χ0v) is 8.65. The van der Waals surface area contributed by atoms with Crippen molar-refractivity contribution in [3.05, 3.63) is 23.8 Å². The molecule has 0 bridgehead atoms. The SMILES string of the molecule is Cc1c(N)cccc1SC(F)(F)C(=O)O. The van der Waals surface area contributed by atoms with Crippen LogP contribution in [-0.4, -0.2) is 16.3 Å². The van der Waals surface area contributed by atoms with Crippen LogP contribution >= 0.6 is 11.8 Å². The maximum absolute atomic E-state index is 12.9. The van der Waals surface area contributed by atoms with Crippen molar-refractivity contribution in [1.29, 1.82) is 0 Å². The minimum Gasteiger partial charge on any atom is -0.476 e. The van der Waals surface area contributed by atoms with E-state index in [1.54, 1.807) is 13.0 Å². The Balaban J connectivity index is 3.00. The van der Waals surface area contributed by atoms with Gasteiger partial charge in [0.2, 0.25) is 0 Å². The summed E-state index contributed by atoms with van der Waals surface area (Å²) in [5, 5.41) is 4.43. The summed E-state index contributed by atoms with van der Waals surface area (Å²) in [5.41, 5.74) is 6.33. The molecule has 0 aliphatic rings. The van der Waals surface area contributed by atoms with E-state index in [0.29, 0.717) is 11.3 Å². The monoisotopic (exact) mass is 233 g/mol. The number of anilines is 1. The van der Waals surface area contributed by atoms with Crippen LogP contribution in [0.1, 0.15) is 5.56 Å². The second kappa shape index (κ2) is 4.06. The molecule has 1 aromatic rings. The van der Waals surface area contributed by atoms with Gasteiger partial charge in [0.1, 0.15) is 0 Å². The minimum atomic E-state index is -3.83. The average Bonchev–Trinajstić information content (AvgIpc) is 2.12. The first-order chi connectivity index (χ1) is 6.84. The lowest BCUT2D eigenvalue weighted by atomic mass is 10.2. The second-order valence-electron chi connectivity index (χ2n) is 2.89. The smallest absolute Gasteiger partial charge is 0.393 e. The van der Waals surface area contributed by atoms with Gasteiger partial charge in [-0.15, -0.1) is 0 Å². The van der Waals surface area contributed by atoms with Crippen LogP contribution in [-0.2, 0) is 4.79 Å². The fourth-order valence-electron chi connectivity index (χ4n) is 0.924. The Hall–Kier alpha value is -1.30. The topological polar surface area (TPSA) is 63.3 Å². The van der Waals surface area contributed by atoms with E-state index in [0.717, 1.165) is 0 Å². The molecule has 0 aromatic heterocycles. The molecule has 0 radical (unpaired) electrons. The third-order valence-corrected chi connectivity index (χ3v) is 2.91.